The van der Waals surface area contributed by atoms with Gasteiger partial charge in [0.25, 0.3) is 0 Å². The number of nitrogens with two attached hydrogens (primary N) is 1. The van der Waals surface area contributed by atoms with E-state index >= 15 is 0 Å². The minimum Gasteiger partial charge on any atom is -0.492 e. The zero-order valence-corrected chi connectivity index (χ0v) is 9.62. The lowest BCUT2D eigenvalue weighted by Gasteiger charge is -2.13. The van der Waals surface area contributed by atoms with Gasteiger partial charge in [-0.2, -0.15) is 0 Å². The van der Waals surface area contributed by atoms with Crippen molar-refractivity contribution in [3.05, 3.63) is 18.2 Å². The molecule has 0 amide bonds. The fourth-order valence-corrected chi connectivity index (χ4v) is 1.19. The van der Waals surface area contributed by atoms with Crippen LogP contribution in [0.4, 0.5) is 5.69 Å². The van der Waals surface area contributed by atoms with Crippen LogP contribution in [0.5, 0.6) is 11.5 Å². The van der Waals surface area contributed by atoms with Crippen LogP contribution in [-0.4, -0.2) is 13.2 Å². The van der Waals surface area contributed by atoms with Gasteiger partial charge < -0.3 is 15.2 Å². The minimum absolute atomic E-state index is 0.486. The summed E-state index contributed by atoms with van der Waals surface area (Å²) in [6, 6.07) is 5.60. The van der Waals surface area contributed by atoms with Crippen molar-refractivity contribution in [1.29, 1.82) is 0 Å². The molecule has 0 aromatic heterocycles. The van der Waals surface area contributed by atoms with E-state index in [2.05, 4.69) is 13.8 Å². The summed E-state index contributed by atoms with van der Waals surface area (Å²) < 4.78 is 11.0. The third kappa shape index (κ3) is 3.35. The standard InChI is InChI=1S/C12H19NO2/c1-4-14-10-6-5-7-11(12(10)13)15-8-9(2)3/h5-7,9H,4,8,13H2,1-3H3. The Morgan fingerprint density at radius 1 is 1.20 bits per heavy atom. The van der Waals surface area contributed by atoms with Gasteiger partial charge in [-0.15, -0.1) is 0 Å². The van der Waals surface area contributed by atoms with Crippen molar-refractivity contribution >= 4 is 5.69 Å². The van der Waals surface area contributed by atoms with Crippen LogP contribution in [0.15, 0.2) is 18.2 Å². The van der Waals surface area contributed by atoms with Gasteiger partial charge in [0, 0.05) is 0 Å². The SMILES string of the molecule is CCOc1cccc(OCC(C)C)c1N. The molecule has 3 nitrogen and oxygen atoms in total. The fourth-order valence-electron chi connectivity index (χ4n) is 1.19. The summed E-state index contributed by atoms with van der Waals surface area (Å²) in [7, 11) is 0. The van der Waals surface area contributed by atoms with Crippen molar-refractivity contribution in [2.45, 2.75) is 20.8 Å². The number of anilines is 1. The second-order valence-electron chi connectivity index (χ2n) is 3.81. The number of hydrogen-bond acceptors (Lipinski definition) is 3. The van der Waals surface area contributed by atoms with E-state index in [1.165, 1.54) is 0 Å². The lowest BCUT2D eigenvalue weighted by Crippen LogP contribution is -2.07. The highest BCUT2D eigenvalue weighted by atomic mass is 16.5. The molecule has 1 aromatic carbocycles. The van der Waals surface area contributed by atoms with Crippen LogP contribution in [0, 0.1) is 5.92 Å². The molecule has 0 radical (unpaired) electrons. The Hall–Kier alpha value is -1.38. The molecule has 3 heteroatoms. The molecule has 84 valence electrons. The molecule has 0 aliphatic rings. The van der Waals surface area contributed by atoms with E-state index in [1.807, 2.05) is 25.1 Å². The fraction of sp³-hybridized carbons (Fsp3) is 0.500. The van der Waals surface area contributed by atoms with Gasteiger partial charge in [0.2, 0.25) is 0 Å². The highest BCUT2D eigenvalue weighted by Crippen LogP contribution is 2.31. The lowest BCUT2D eigenvalue weighted by molar-refractivity contribution is 0.270. The quantitative estimate of drug-likeness (QED) is 0.758. The number of hydrogen-bond donors (Lipinski definition) is 1. The van der Waals surface area contributed by atoms with Crippen LogP contribution < -0.4 is 15.2 Å². The molecule has 0 saturated heterocycles. The Labute approximate surface area is 91.2 Å². The van der Waals surface area contributed by atoms with E-state index in [4.69, 9.17) is 15.2 Å². The molecular weight excluding hydrogens is 190 g/mol. The first kappa shape index (κ1) is 11.7. The first-order valence-electron chi connectivity index (χ1n) is 5.29. The average molecular weight is 209 g/mol. The number of nitrogen functional groups attached to an aromatic ring is 1. The van der Waals surface area contributed by atoms with Gasteiger partial charge in [-0.05, 0) is 25.0 Å². The predicted molar refractivity (Wildman–Crippen MR) is 62.4 cm³/mol. The van der Waals surface area contributed by atoms with Crippen molar-refractivity contribution in [3.63, 3.8) is 0 Å². The number of ether oxygens (including phenoxy) is 2. The van der Waals surface area contributed by atoms with Crippen LogP contribution in [0.3, 0.4) is 0 Å². The third-order valence-electron chi connectivity index (χ3n) is 1.90. The Morgan fingerprint density at radius 3 is 2.33 bits per heavy atom. The van der Waals surface area contributed by atoms with Gasteiger partial charge in [0.1, 0.15) is 17.2 Å². The molecular formula is C12H19NO2. The molecule has 2 N–H and O–H groups in total. The summed E-state index contributed by atoms with van der Waals surface area (Å²) in [6.07, 6.45) is 0. The van der Waals surface area contributed by atoms with Gasteiger partial charge in [-0.3, -0.25) is 0 Å². The third-order valence-corrected chi connectivity index (χ3v) is 1.90. The molecule has 0 heterocycles. The number of benzene rings is 1. The van der Waals surface area contributed by atoms with Crippen LogP contribution >= 0.6 is 0 Å². The van der Waals surface area contributed by atoms with Crippen molar-refractivity contribution in [2.75, 3.05) is 18.9 Å². The molecule has 0 aliphatic heterocycles. The van der Waals surface area contributed by atoms with E-state index in [0.29, 0.717) is 36.3 Å². The van der Waals surface area contributed by atoms with Gasteiger partial charge in [0.05, 0.1) is 13.2 Å². The summed E-state index contributed by atoms with van der Waals surface area (Å²) >= 11 is 0. The number of para-hydroxylation sites is 1. The highest BCUT2D eigenvalue weighted by molar-refractivity contribution is 5.62. The average Bonchev–Trinajstić information content (AvgIpc) is 2.19. The summed E-state index contributed by atoms with van der Waals surface area (Å²) in [4.78, 5) is 0. The van der Waals surface area contributed by atoms with Gasteiger partial charge >= 0.3 is 0 Å². The molecule has 15 heavy (non-hydrogen) atoms. The molecule has 0 atom stereocenters. The van der Waals surface area contributed by atoms with E-state index in [9.17, 15) is 0 Å². The van der Waals surface area contributed by atoms with Crippen molar-refractivity contribution in [2.24, 2.45) is 5.92 Å². The van der Waals surface area contributed by atoms with Crippen LogP contribution in [-0.2, 0) is 0 Å². The van der Waals surface area contributed by atoms with Crippen molar-refractivity contribution in [1.82, 2.24) is 0 Å². The van der Waals surface area contributed by atoms with E-state index in [1.54, 1.807) is 0 Å². The molecule has 0 saturated carbocycles. The van der Waals surface area contributed by atoms with Gasteiger partial charge in [0.15, 0.2) is 0 Å². The van der Waals surface area contributed by atoms with Crippen molar-refractivity contribution < 1.29 is 9.47 Å². The maximum Gasteiger partial charge on any atom is 0.146 e. The molecule has 0 unspecified atom stereocenters. The maximum absolute atomic E-state index is 5.91. The summed E-state index contributed by atoms with van der Waals surface area (Å²) in [5.41, 5.74) is 6.49. The van der Waals surface area contributed by atoms with Gasteiger partial charge in [-0.1, -0.05) is 19.9 Å². The Bertz CT molecular complexity index is 310. The molecule has 1 aromatic rings. The van der Waals surface area contributed by atoms with Crippen LogP contribution in [0.1, 0.15) is 20.8 Å². The maximum atomic E-state index is 5.91. The van der Waals surface area contributed by atoms with Crippen LogP contribution in [0.25, 0.3) is 0 Å². The molecule has 0 fully saturated rings. The first-order valence-corrected chi connectivity index (χ1v) is 5.29. The van der Waals surface area contributed by atoms with E-state index in [0.717, 1.165) is 0 Å². The van der Waals surface area contributed by atoms with E-state index < -0.39 is 0 Å². The normalized spacial score (nSPS) is 10.4. The monoisotopic (exact) mass is 209 g/mol. The highest BCUT2D eigenvalue weighted by Gasteiger charge is 2.07. The lowest BCUT2D eigenvalue weighted by atomic mass is 10.2. The predicted octanol–water partition coefficient (Wildman–Crippen LogP) is 2.70. The minimum atomic E-state index is 0.486. The molecule has 0 bridgehead atoms. The largest absolute Gasteiger partial charge is 0.492 e. The summed E-state index contributed by atoms with van der Waals surface area (Å²) in [5, 5.41) is 0. The number of rotatable bonds is 5. The topological polar surface area (TPSA) is 44.5 Å². The zero-order valence-electron chi connectivity index (χ0n) is 9.62. The molecule has 0 aliphatic carbocycles. The first-order chi connectivity index (χ1) is 7.15. The summed E-state index contributed by atoms with van der Waals surface area (Å²) in [5.74, 6) is 1.88. The second kappa shape index (κ2) is 5.49. The Kier molecular flexibility index (Phi) is 4.28. The summed E-state index contributed by atoms with van der Waals surface area (Å²) in [6.45, 7) is 7.41. The smallest absolute Gasteiger partial charge is 0.146 e. The van der Waals surface area contributed by atoms with Gasteiger partial charge in [-0.25, -0.2) is 0 Å². The molecule has 0 spiro atoms. The van der Waals surface area contributed by atoms with E-state index in [-0.39, 0.29) is 0 Å². The molecule has 1 rings (SSSR count). The van der Waals surface area contributed by atoms with Crippen molar-refractivity contribution in [3.8, 4) is 11.5 Å². The second-order valence-corrected chi connectivity index (χ2v) is 3.81. The van der Waals surface area contributed by atoms with Crippen LogP contribution in [0.2, 0.25) is 0 Å². The Balaban J connectivity index is 2.75. The zero-order chi connectivity index (χ0) is 11.3. The Morgan fingerprint density at radius 2 is 1.80 bits per heavy atom.